The van der Waals surface area contributed by atoms with Gasteiger partial charge in [0.05, 0.1) is 12.4 Å². The maximum Gasteiger partial charge on any atom is 0.326 e. The van der Waals surface area contributed by atoms with Crippen molar-refractivity contribution in [1.29, 1.82) is 0 Å². The van der Waals surface area contributed by atoms with Crippen LogP contribution in [0.4, 0.5) is 0 Å². The topological polar surface area (TPSA) is 165 Å². The summed E-state index contributed by atoms with van der Waals surface area (Å²) >= 11 is 0. The number of aromatic amines is 1. The minimum Gasteiger partial charge on any atom is -0.480 e. The van der Waals surface area contributed by atoms with E-state index in [1.54, 1.807) is 33.9 Å². The Morgan fingerprint density at radius 3 is 2.22 bits per heavy atom. The molecular formula is C21H34N6O5. The Labute approximate surface area is 187 Å². The molecule has 0 radical (unpaired) electrons. The average molecular weight is 451 g/mol. The summed E-state index contributed by atoms with van der Waals surface area (Å²) in [5.74, 6) is -3.17. The summed E-state index contributed by atoms with van der Waals surface area (Å²) in [5.41, 5.74) is 0.654. The number of H-pyrrole nitrogens is 1. The predicted molar refractivity (Wildman–Crippen MR) is 116 cm³/mol. The van der Waals surface area contributed by atoms with Crippen molar-refractivity contribution in [3.05, 3.63) is 18.2 Å². The quantitative estimate of drug-likeness (QED) is 0.266. The van der Waals surface area contributed by atoms with E-state index >= 15 is 0 Å². The van der Waals surface area contributed by atoms with Gasteiger partial charge in [0, 0.05) is 18.3 Å². The molecule has 0 spiro atoms. The standard InChI is InChI=1S/C21H34N6O5/c1-11(2)16(20(30)27-17(12(3)4)21(31)32)26-19(29)15(8-13-9-22-10-24-13)25-18(28)14-6-5-7-23-14/h9-12,14-17,23H,5-8H2,1-4H3,(H,22,24)(H,25,28)(H,26,29)(H,27,30)(H,31,32). The van der Waals surface area contributed by atoms with E-state index in [9.17, 15) is 24.3 Å². The Bertz CT molecular complexity index is 789. The van der Waals surface area contributed by atoms with Gasteiger partial charge in [-0.05, 0) is 31.2 Å². The summed E-state index contributed by atoms with van der Waals surface area (Å²) < 4.78 is 0. The lowest BCUT2D eigenvalue weighted by atomic mass is 9.99. The third-order valence-electron chi connectivity index (χ3n) is 5.47. The number of nitrogens with one attached hydrogen (secondary N) is 5. The maximum atomic E-state index is 13.1. The van der Waals surface area contributed by atoms with E-state index in [0.29, 0.717) is 12.1 Å². The molecule has 4 atom stereocenters. The Balaban J connectivity index is 2.13. The second kappa shape index (κ2) is 11.6. The highest BCUT2D eigenvalue weighted by Crippen LogP contribution is 2.09. The predicted octanol–water partition coefficient (Wildman–Crippen LogP) is -0.445. The second-order valence-corrected chi connectivity index (χ2v) is 8.79. The summed E-state index contributed by atoms with van der Waals surface area (Å²) in [6, 6.07) is -3.33. The van der Waals surface area contributed by atoms with Crippen molar-refractivity contribution in [3.63, 3.8) is 0 Å². The van der Waals surface area contributed by atoms with Crippen LogP contribution >= 0.6 is 0 Å². The number of carbonyl (C=O) groups excluding carboxylic acids is 3. The van der Waals surface area contributed by atoms with Crippen molar-refractivity contribution in [3.8, 4) is 0 Å². The van der Waals surface area contributed by atoms with Gasteiger partial charge in [0.25, 0.3) is 0 Å². The fourth-order valence-corrected chi connectivity index (χ4v) is 3.55. The molecule has 1 aromatic heterocycles. The van der Waals surface area contributed by atoms with Crippen LogP contribution < -0.4 is 21.3 Å². The zero-order chi connectivity index (χ0) is 23.8. The largest absolute Gasteiger partial charge is 0.480 e. The number of amides is 3. The summed E-state index contributed by atoms with van der Waals surface area (Å²) in [4.78, 5) is 56.9. The molecule has 1 aliphatic rings. The molecule has 32 heavy (non-hydrogen) atoms. The van der Waals surface area contributed by atoms with E-state index in [0.717, 1.165) is 13.0 Å². The van der Waals surface area contributed by atoms with Crippen LogP contribution in [0.15, 0.2) is 12.5 Å². The van der Waals surface area contributed by atoms with Gasteiger partial charge in [-0.2, -0.15) is 0 Å². The van der Waals surface area contributed by atoms with Crippen molar-refractivity contribution in [2.45, 2.75) is 71.1 Å². The number of aliphatic carboxylic acids is 1. The lowest BCUT2D eigenvalue weighted by molar-refractivity contribution is -0.143. The first-order chi connectivity index (χ1) is 15.1. The third-order valence-corrected chi connectivity index (χ3v) is 5.47. The van der Waals surface area contributed by atoms with Gasteiger partial charge >= 0.3 is 5.97 Å². The second-order valence-electron chi connectivity index (χ2n) is 8.79. The van der Waals surface area contributed by atoms with Crippen molar-refractivity contribution in [1.82, 2.24) is 31.2 Å². The number of hydrogen-bond donors (Lipinski definition) is 6. The first kappa shape index (κ1) is 25.3. The summed E-state index contributed by atoms with van der Waals surface area (Å²) in [6.45, 7) is 7.62. The Morgan fingerprint density at radius 1 is 1.06 bits per heavy atom. The zero-order valence-corrected chi connectivity index (χ0v) is 19.0. The van der Waals surface area contributed by atoms with E-state index < -0.39 is 35.9 Å². The van der Waals surface area contributed by atoms with Crippen molar-refractivity contribution >= 4 is 23.7 Å². The SMILES string of the molecule is CC(C)C(NC(=O)C(NC(=O)C(Cc1cnc[nH]1)NC(=O)C1CCCN1)C(C)C)C(=O)O. The molecular weight excluding hydrogens is 416 g/mol. The zero-order valence-electron chi connectivity index (χ0n) is 19.0. The summed E-state index contributed by atoms with van der Waals surface area (Å²) in [7, 11) is 0. The maximum absolute atomic E-state index is 13.1. The molecule has 3 amide bonds. The van der Waals surface area contributed by atoms with Crippen LogP contribution in [0.25, 0.3) is 0 Å². The van der Waals surface area contributed by atoms with Gasteiger partial charge in [-0.1, -0.05) is 27.7 Å². The van der Waals surface area contributed by atoms with Crippen LogP contribution in [0.1, 0.15) is 46.2 Å². The molecule has 0 aromatic carbocycles. The molecule has 0 bridgehead atoms. The third kappa shape index (κ3) is 7.04. The average Bonchev–Trinajstić information content (AvgIpc) is 3.42. The molecule has 1 saturated heterocycles. The number of aromatic nitrogens is 2. The van der Waals surface area contributed by atoms with Gasteiger partial charge in [-0.3, -0.25) is 14.4 Å². The first-order valence-electron chi connectivity index (χ1n) is 10.9. The van der Waals surface area contributed by atoms with Gasteiger partial charge in [-0.15, -0.1) is 0 Å². The monoisotopic (exact) mass is 450 g/mol. The molecule has 2 heterocycles. The number of rotatable bonds is 11. The molecule has 2 rings (SSSR count). The van der Waals surface area contributed by atoms with Crippen molar-refractivity contribution < 1.29 is 24.3 Å². The lowest BCUT2D eigenvalue weighted by Gasteiger charge is -2.27. The number of nitrogens with zero attached hydrogens (tertiary/aromatic N) is 1. The summed E-state index contributed by atoms with van der Waals surface area (Å²) in [5, 5.41) is 20.4. The van der Waals surface area contributed by atoms with Gasteiger partial charge in [0.2, 0.25) is 17.7 Å². The molecule has 0 aliphatic carbocycles. The van der Waals surface area contributed by atoms with Gasteiger partial charge in [-0.25, -0.2) is 9.78 Å². The van der Waals surface area contributed by atoms with Crippen molar-refractivity contribution in [2.75, 3.05) is 6.54 Å². The fourth-order valence-electron chi connectivity index (χ4n) is 3.55. The smallest absolute Gasteiger partial charge is 0.326 e. The van der Waals surface area contributed by atoms with Crippen LogP contribution in [0.3, 0.4) is 0 Å². The van der Waals surface area contributed by atoms with Gasteiger partial charge in [0.1, 0.15) is 18.1 Å². The Morgan fingerprint density at radius 2 is 1.72 bits per heavy atom. The van der Waals surface area contributed by atoms with E-state index in [1.807, 2.05) is 0 Å². The highest BCUT2D eigenvalue weighted by Gasteiger charge is 2.33. The normalized spacial score (nSPS) is 18.8. The molecule has 11 heteroatoms. The molecule has 0 saturated carbocycles. The number of carboxylic acids is 1. The Kier molecular flexibility index (Phi) is 9.18. The van der Waals surface area contributed by atoms with Crippen LogP contribution in [0, 0.1) is 11.8 Å². The number of carboxylic acid groups (broad SMARTS) is 1. The number of carbonyl (C=O) groups is 4. The van der Waals surface area contributed by atoms with E-state index in [-0.39, 0.29) is 30.2 Å². The molecule has 1 aromatic rings. The van der Waals surface area contributed by atoms with Crippen LogP contribution in [0.5, 0.6) is 0 Å². The minimum absolute atomic E-state index is 0.167. The first-order valence-corrected chi connectivity index (χ1v) is 10.9. The van der Waals surface area contributed by atoms with E-state index in [1.165, 1.54) is 6.33 Å². The highest BCUT2D eigenvalue weighted by molar-refractivity contribution is 5.94. The van der Waals surface area contributed by atoms with Gasteiger partial charge < -0.3 is 31.4 Å². The lowest BCUT2D eigenvalue weighted by Crippen LogP contribution is -2.59. The molecule has 11 nitrogen and oxygen atoms in total. The minimum atomic E-state index is -1.14. The molecule has 4 unspecified atom stereocenters. The summed E-state index contributed by atoms with van der Waals surface area (Å²) in [6.07, 6.45) is 4.78. The van der Waals surface area contributed by atoms with Gasteiger partial charge in [0.15, 0.2) is 0 Å². The van der Waals surface area contributed by atoms with E-state index in [4.69, 9.17) is 0 Å². The molecule has 6 N–H and O–H groups in total. The van der Waals surface area contributed by atoms with Crippen molar-refractivity contribution in [2.24, 2.45) is 11.8 Å². The number of hydrogen-bond acceptors (Lipinski definition) is 6. The highest BCUT2D eigenvalue weighted by atomic mass is 16.4. The molecule has 1 fully saturated rings. The molecule has 178 valence electrons. The Hall–Kier alpha value is -2.95. The van der Waals surface area contributed by atoms with Crippen LogP contribution in [-0.2, 0) is 25.6 Å². The van der Waals surface area contributed by atoms with Crippen LogP contribution in [0.2, 0.25) is 0 Å². The van der Waals surface area contributed by atoms with E-state index in [2.05, 4.69) is 31.2 Å². The number of imidazole rings is 1. The fraction of sp³-hybridized carbons (Fsp3) is 0.667. The van der Waals surface area contributed by atoms with Crippen LogP contribution in [-0.4, -0.2) is 69.5 Å². The molecule has 1 aliphatic heterocycles.